The van der Waals surface area contributed by atoms with Crippen LogP contribution in [0.25, 0.3) is 0 Å². The summed E-state index contributed by atoms with van der Waals surface area (Å²) in [6.45, 7) is 4.31. The maximum atomic E-state index is 13.0. The van der Waals surface area contributed by atoms with Crippen LogP contribution in [0.3, 0.4) is 0 Å². The summed E-state index contributed by atoms with van der Waals surface area (Å²) in [4.78, 5) is 25.1. The zero-order chi connectivity index (χ0) is 52.4. The molecule has 0 radical (unpaired) electrons. The molecule has 0 saturated carbocycles. The number of aliphatic hydroxyl groups excluding tert-OH is 5. The van der Waals surface area contributed by atoms with Crippen molar-refractivity contribution in [3.8, 4) is 0 Å². The molecule has 7 unspecified atom stereocenters. The Morgan fingerprint density at radius 1 is 0.500 bits per heavy atom. The van der Waals surface area contributed by atoms with Gasteiger partial charge in [-0.05, 0) is 57.8 Å². The van der Waals surface area contributed by atoms with Crippen molar-refractivity contribution in [1.29, 1.82) is 0 Å². The maximum Gasteiger partial charge on any atom is 0.305 e. The van der Waals surface area contributed by atoms with E-state index in [0.29, 0.717) is 19.4 Å². The fourth-order valence-electron chi connectivity index (χ4n) is 9.67. The predicted octanol–water partition coefficient (Wildman–Crippen LogP) is 14.1. The quantitative estimate of drug-likeness (QED) is 0.0195. The summed E-state index contributed by atoms with van der Waals surface area (Å²) >= 11 is 0. The van der Waals surface area contributed by atoms with Gasteiger partial charge in [-0.25, -0.2) is 0 Å². The Kier molecular flexibility index (Phi) is 48.5. The molecule has 1 aliphatic heterocycles. The molecule has 6 N–H and O–H groups in total. The number of unbranched alkanes of at least 4 members (excludes halogenated alkanes) is 37. The molecule has 11 heteroatoms. The highest BCUT2D eigenvalue weighted by Gasteiger charge is 2.44. The lowest BCUT2D eigenvalue weighted by atomic mass is 9.99. The minimum absolute atomic E-state index is 0.0112. The number of allylic oxidation sites excluding steroid dienone is 3. The van der Waals surface area contributed by atoms with Gasteiger partial charge in [-0.15, -0.1) is 0 Å². The Labute approximate surface area is 441 Å². The van der Waals surface area contributed by atoms with E-state index in [-0.39, 0.29) is 18.5 Å². The van der Waals surface area contributed by atoms with E-state index < -0.39 is 49.5 Å². The SMILES string of the molecule is CCCCCCCC/C=C\CCCCCCCC(=O)OCCCCCCCCCCCCCCCCCCCCCCC(=O)NC(COC1OC(CO)C(O)C(O)C1O)C(O)/C=C/CCCCCCCCC. The van der Waals surface area contributed by atoms with Crippen LogP contribution in [-0.2, 0) is 23.8 Å². The second-order valence-electron chi connectivity index (χ2n) is 21.4. The summed E-state index contributed by atoms with van der Waals surface area (Å²) in [5.41, 5.74) is 0. The van der Waals surface area contributed by atoms with Crippen molar-refractivity contribution >= 4 is 11.9 Å². The van der Waals surface area contributed by atoms with Gasteiger partial charge < -0.3 is 45.1 Å². The van der Waals surface area contributed by atoms with Gasteiger partial charge in [-0.1, -0.05) is 244 Å². The molecule has 0 bridgehead atoms. The molecule has 1 rings (SSSR count). The second-order valence-corrected chi connectivity index (χ2v) is 21.4. The number of hydrogen-bond acceptors (Lipinski definition) is 10. The van der Waals surface area contributed by atoms with E-state index in [1.165, 1.54) is 199 Å². The highest BCUT2D eigenvalue weighted by Crippen LogP contribution is 2.23. The Bertz CT molecular complexity index is 1250. The molecular weight excluding hydrogens is 907 g/mol. The number of amides is 1. The topological polar surface area (TPSA) is 175 Å². The first-order valence-electron chi connectivity index (χ1n) is 30.6. The third-order valence-electron chi connectivity index (χ3n) is 14.6. The van der Waals surface area contributed by atoms with Crippen molar-refractivity contribution in [2.45, 2.75) is 333 Å². The van der Waals surface area contributed by atoms with Crippen LogP contribution in [0.2, 0.25) is 0 Å². The molecule has 0 aliphatic carbocycles. The van der Waals surface area contributed by atoms with Gasteiger partial charge in [0.2, 0.25) is 5.91 Å². The van der Waals surface area contributed by atoms with E-state index in [9.17, 15) is 35.1 Å². The van der Waals surface area contributed by atoms with Gasteiger partial charge in [0.25, 0.3) is 0 Å². The number of carbonyl (C=O) groups is 2. The number of carbonyl (C=O) groups excluding carboxylic acids is 2. The van der Waals surface area contributed by atoms with Crippen LogP contribution >= 0.6 is 0 Å². The molecule has 424 valence electrons. The molecule has 1 fully saturated rings. The van der Waals surface area contributed by atoms with Gasteiger partial charge >= 0.3 is 5.97 Å². The summed E-state index contributed by atoms with van der Waals surface area (Å²) < 4.78 is 16.7. The highest BCUT2D eigenvalue weighted by atomic mass is 16.7. The normalized spacial score (nSPS) is 19.1. The molecular formula is C61H115NO10. The van der Waals surface area contributed by atoms with Crippen LogP contribution in [0.15, 0.2) is 24.3 Å². The van der Waals surface area contributed by atoms with E-state index in [1.807, 2.05) is 6.08 Å². The summed E-state index contributed by atoms with van der Waals surface area (Å²) in [6.07, 6.45) is 51.4. The Balaban J connectivity index is 1.99. The van der Waals surface area contributed by atoms with E-state index >= 15 is 0 Å². The molecule has 72 heavy (non-hydrogen) atoms. The molecule has 0 spiro atoms. The van der Waals surface area contributed by atoms with E-state index in [2.05, 4.69) is 31.3 Å². The largest absolute Gasteiger partial charge is 0.466 e. The van der Waals surface area contributed by atoms with Crippen LogP contribution < -0.4 is 5.32 Å². The molecule has 0 aromatic rings. The molecule has 1 saturated heterocycles. The smallest absolute Gasteiger partial charge is 0.305 e. The number of nitrogens with one attached hydrogen (secondary N) is 1. The molecule has 1 heterocycles. The highest BCUT2D eigenvalue weighted by molar-refractivity contribution is 5.76. The van der Waals surface area contributed by atoms with Crippen molar-refractivity contribution in [3.63, 3.8) is 0 Å². The minimum atomic E-state index is -1.57. The second kappa shape index (κ2) is 51.3. The zero-order valence-electron chi connectivity index (χ0n) is 46.7. The van der Waals surface area contributed by atoms with Gasteiger partial charge in [-0.3, -0.25) is 9.59 Å². The maximum absolute atomic E-state index is 13.0. The van der Waals surface area contributed by atoms with E-state index in [0.717, 1.165) is 64.2 Å². The lowest BCUT2D eigenvalue weighted by molar-refractivity contribution is -0.302. The van der Waals surface area contributed by atoms with E-state index in [1.54, 1.807) is 6.08 Å². The number of aliphatic hydroxyl groups is 5. The fraction of sp³-hybridized carbons (Fsp3) is 0.902. The van der Waals surface area contributed by atoms with Crippen molar-refractivity contribution in [2.24, 2.45) is 0 Å². The Hall–Kier alpha value is -1.86. The number of ether oxygens (including phenoxy) is 3. The fourth-order valence-corrected chi connectivity index (χ4v) is 9.67. The van der Waals surface area contributed by atoms with Crippen LogP contribution in [0, 0.1) is 0 Å². The average Bonchev–Trinajstić information content (AvgIpc) is 3.38. The third-order valence-corrected chi connectivity index (χ3v) is 14.6. The number of rotatable bonds is 53. The van der Waals surface area contributed by atoms with E-state index in [4.69, 9.17) is 14.2 Å². The molecule has 0 aromatic heterocycles. The van der Waals surface area contributed by atoms with Crippen molar-refractivity contribution in [2.75, 3.05) is 19.8 Å². The first-order valence-corrected chi connectivity index (χ1v) is 30.6. The van der Waals surface area contributed by atoms with Crippen LogP contribution in [-0.4, -0.2) is 100 Å². The van der Waals surface area contributed by atoms with Crippen molar-refractivity contribution < 1.29 is 49.3 Å². The monoisotopic (exact) mass is 1020 g/mol. The van der Waals surface area contributed by atoms with Crippen molar-refractivity contribution in [3.05, 3.63) is 24.3 Å². The first-order chi connectivity index (χ1) is 35.2. The third kappa shape index (κ3) is 40.5. The zero-order valence-corrected chi connectivity index (χ0v) is 46.7. The van der Waals surface area contributed by atoms with Gasteiger partial charge in [-0.2, -0.15) is 0 Å². The summed E-state index contributed by atoms with van der Waals surface area (Å²) in [7, 11) is 0. The molecule has 1 aliphatic rings. The predicted molar refractivity (Wildman–Crippen MR) is 297 cm³/mol. The van der Waals surface area contributed by atoms with Gasteiger partial charge in [0.1, 0.15) is 24.4 Å². The number of esters is 1. The molecule has 0 aromatic carbocycles. The summed E-state index contributed by atoms with van der Waals surface area (Å²) in [5.74, 6) is -0.196. The van der Waals surface area contributed by atoms with Crippen molar-refractivity contribution in [1.82, 2.24) is 5.32 Å². The van der Waals surface area contributed by atoms with Gasteiger partial charge in [0.15, 0.2) is 6.29 Å². The summed E-state index contributed by atoms with van der Waals surface area (Å²) in [5, 5.41) is 54.2. The summed E-state index contributed by atoms with van der Waals surface area (Å²) in [6, 6.07) is -0.810. The Morgan fingerprint density at radius 3 is 1.33 bits per heavy atom. The molecule has 11 nitrogen and oxygen atoms in total. The van der Waals surface area contributed by atoms with Crippen LogP contribution in [0.5, 0.6) is 0 Å². The molecule has 7 atom stereocenters. The number of hydrogen-bond donors (Lipinski definition) is 6. The average molecular weight is 1020 g/mol. The lowest BCUT2D eigenvalue weighted by Crippen LogP contribution is -2.60. The van der Waals surface area contributed by atoms with Crippen LogP contribution in [0.4, 0.5) is 0 Å². The minimum Gasteiger partial charge on any atom is -0.466 e. The lowest BCUT2D eigenvalue weighted by Gasteiger charge is -2.40. The van der Waals surface area contributed by atoms with Gasteiger partial charge in [0.05, 0.1) is 32.0 Å². The van der Waals surface area contributed by atoms with Gasteiger partial charge in [0, 0.05) is 12.8 Å². The van der Waals surface area contributed by atoms with Crippen LogP contribution in [0.1, 0.15) is 290 Å². The first kappa shape index (κ1) is 68.2. The molecule has 1 amide bonds. The standard InChI is InChI=1S/C61H115NO10/c1-3-5-7-9-11-13-14-15-22-26-29-33-37-41-45-49-57(66)70-50-46-42-38-34-30-27-24-21-19-17-16-18-20-23-25-28-32-36-40-44-48-56(65)62-53(54(64)47-43-39-35-31-12-10-8-6-4-2)52-71-61-60(69)59(68)58(67)55(51-63)72-61/h15,22,43,47,53-55,58-61,63-64,67-69H,3-14,16-21,23-42,44-46,48-52H2,1-2H3,(H,62,65)/b22-15-,47-43+. The Morgan fingerprint density at radius 2 is 0.889 bits per heavy atom.